The number of rotatable bonds is 6. The van der Waals surface area contributed by atoms with Gasteiger partial charge in [0.2, 0.25) is 10.0 Å². The standard InChI is InChI=1S/C11H17N3O2S/c1-13-9-10(12)7-8-14-17(15,16)11-5-3-2-4-6-11/h2-6,9,13-14H,7-8,12H2,1H3/b10-9-. The number of sulfonamides is 1. The third-order valence-electron chi connectivity index (χ3n) is 2.09. The number of benzene rings is 1. The summed E-state index contributed by atoms with van der Waals surface area (Å²) in [5.74, 6) is 0. The molecule has 1 aromatic rings. The van der Waals surface area contributed by atoms with Crippen molar-refractivity contribution in [1.82, 2.24) is 10.0 Å². The molecule has 0 spiro atoms. The molecule has 17 heavy (non-hydrogen) atoms. The molecule has 0 atom stereocenters. The average molecular weight is 255 g/mol. The van der Waals surface area contributed by atoms with Crippen molar-refractivity contribution >= 4 is 10.0 Å². The minimum absolute atomic E-state index is 0.260. The van der Waals surface area contributed by atoms with Crippen LogP contribution in [0.25, 0.3) is 0 Å². The van der Waals surface area contributed by atoms with Gasteiger partial charge in [-0.25, -0.2) is 13.1 Å². The van der Waals surface area contributed by atoms with Crippen molar-refractivity contribution < 1.29 is 8.42 Å². The second-order valence-corrected chi connectivity index (χ2v) is 5.24. The summed E-state index contributed by atoms with van der Waals surface area (Å²) in [4.78, 5) is 0.260. The zero-order valence-corrected chi connectivity index (χ0v) is 10.5. The quantitative estimate of drug-likeness (QED) is 0.686. The molecular weight excluding hydrogens is 238 g/mol. The molecule has 0 amide bonds. The topological polar surface area (TPSA) is 84.2 Å². The molecule has 1 rings (SSSR count). The molecule has 0 bridgehead atoms. The summed E-state index contributed by atoms with van der Waals surface area (Å²) in [6.45, 7) is 0.279. The predicted octanol–water partition coefficient (Wildman–Crippen LogP) is 0.375. The Kier molecular flexibility index (Phi) is 4.99. The molecule has 0 aliphatic heterocycles. The van der Waals surface area contributed by atoms with Crippen molar-refractivity contribution in [2.24, 2.45) is 5.73 Å². The van der Waals surface area contributed by atoms with Crippen molar-refractivity contribution in [2.75, 3.05) is 13.6 Å². The Labute approximate surface area is 102 Å². The van der Waals surface area contributed by atoms with Crippen molar-refractivity contribution in [3.63, 3.8) is 0 Å². The molecule has 5 nitrogen and oxygen atoms in total. The fourth-order valence-electron chi connectivity index (χ4n) is 1.27. The van der Waals surface area contributed by atoms with Gasteiger partial charge in [-0.3, -0.25) is 0 Å². The van der Waals surface area contributed by atoms with Crippen molar-refractivity contribution in [1.29, 1.82) is 0 Å². The van der Waals surface area contributed by atoms with Crippen LogP contribution in [0.5, 0.6) is 0 Å². The summed E-state index contributed by atoms with van der Waals surface area (Å²) in [7, 11) is -1.69. The van der Waals surface area contributed by atoms with Gasteiger partial charge in [0.05, 0.1) is 4.90 Å². The zero-order valence-electron chi connectivity index (χ0n) is 9.68. The smallest absolute Gasteiger partial charge is 0.240 e. The monoisotopic (exact) mass is 255 g/mol. The number of nitrogens with one attached hydrogen (secondary N) is 2. The highest BCUT2D eigenvalue weighted by Gasteiger charge is 2.11. The summed E-state index contributed by atoms with van der Waals surface area (Å²) < 4.78 is 26.1. The van der Waals surface area contributed by atoms with Gasteiger partial charge in [0.1, 0.15) is 0 Å². The van der Waals surface area contributed by atoms with E-state index in [-0.39, 0.29) is 11.4 Å². The van der Waals surface area contributed by atoms with E-state index in [0.717, 1.165) is 0 Å². The highest BCUT2D eigenvalue weighted by Crippen LogP contribution is 2.06. The Balaban J connectivity index is 2.55. The summed E-state index contributed by atoms with van der Waals surface area (Å²) in [5, 5.41) is 2.78. The summed E-state index contributed by atoms with van der Waals surface area (Å²) in [5.41, 5.74) is 6.22. The van der Waals surface area contributed by atoms with Crippen LogP contribution in [-0.4, -0.2) is 22.0 Å². The lowest BCUT2D eigenvalue weighted by molar-refractivity contribution is 0.581. The lowest BCUT2D eigenvalue weighted by Crippen LogP contribution is -2.26. The molecule has 1 aromatic carbocycles. The van der Waals surface area contributed by atoms with Crippen LogP contribution in [-0.2, 0) is 10.0 Å². The maximum absolute atomic E-state index is 11.8. The molecule has 0 unspecified atom stereocenters. The molecule has 0 saturated carbocycles. The first-order valence-electron chi connectivity index (χ1n) is 5.23. The molecule has 0 fully saturated rings. The normalized spacial score (nSPS) is 12.4. The van der Waals surface area contributed by atoms with Crippen LogP contribution >= 0.6 is 0 Å². The van der Waals surface area contributed by atoms with Gasteiger partial charge >= 0.3 is 0 Å². The number of hydrogen-bond acceptors (Lipinski definition) is 4. The Bertz CT molecular complexity index is 469. The summed E-state index contributed by atoms with van der Waals surface area (Å²) in [6.07, 6.45) is 2.10. The largest absolute Gasteiger partial charge is 0.401 e. The van der Waals surface area contributed by atoms with Crippen LogP contribution in [0.2, 0.25) is 0 Å². The average Bonchev–Trinajstić information content (AvgIpc) is 2.30. The van der Waals surface area contributed by atoms with Crippen LogP contribution in [0.3, 0.4) is 0 Å². The van der Waals surface area contributed by atoms with Crippen LogP contribution in [0, 0.1) is 0 Å². The number of hydrogen-bond donors (Lipinski definition) is 3. The SMILES string of the molecule is CN/C=C(\N)CCNS(=O)(=O)c1ccccc1. The molecule has 6 heteroatoms. The van der Waals surface area contributed by atoms with Crippen LogP contribution in [0.1, 0.15) is 6.42 Å². The van der Waals surface area contributed by atoms with E-state index in [1.807, 2.05) is 0 Å². The zero-order chi connectivity index (χ0) is 12.7. The maximum atomic E-state index is 11.8. The van der Waals surface area contributed by atoms with E-state index in [2.05, 4.69) is 10.0 Å². The third-order valence-corrected chi connectivity index (χ3v) is 3.57. The lowest BCUT2D eigenvalue weighted by Gasteiger charge is -2.06. The first-order chi connectivity index (χ1) is 8.06. The Morgan fingerprint density at radius 2 is 2.00 bits per heavy atom. The Hall–Kier alpha value is -1.53. The van der Waals surface area contributed by atoms with Gasteiger partial charge in [-0.2, -0.15) is 0 Å². The minimum atomic E-state index is -3.42. The molecule has 0 radical (unpaired) electrons. The van der Waals surface area contributed by atoms with Crippen molar-refractivity contribution in [3.05, 3.63) is 42.2 Å². The number of nitrogens with two attached hydrogens (primary N) is 1. The molecule has 4 N–H and O–H groups in total. The van der Waals surface area contributed by atoms with Gasteiger partial charge in [0.15, 0.2) is 0 Å². The van der Waals surface area contributed by atoms with Crippen molar-refractivity contribution in [3.8, 4) is 0 Å². The molecule has 0 heterocycles. The molecule has 0 aromatic heterocycles. The van der Waals surface area contributed by atoms with E-state index >= 15 is 0 Å². The van der Waals surface area contributed by atoms with E-state index in [1.165, 1.54) is 0 Å². The third kappa shape index (κ3) is 4.46. The van der Waals surface area contributed by atoms with Gasteiger partial charge in [-0.05, 0) is 12.1 Å². The molecule has 0 aliphatic carbocycles. The van der Waals surface area contributed by atoms with Crippen molar-refractivity contribution in [2.45, 2.75) is 11.3 Å². The maximum Gasteiger partial charge on any atom is 0.240 e. The van der Waals surface area contributed by atoms with E-state index in [0.29, 0.717) is 12.1 Å². The Morgan fingerprint density at radius 3 is 2.59 bits per heavy atom. The fraction of sp³-hybridized carbons (Fsp3) is 0.273. The van der Waals surface area contributed by atoms with Crippen LogP contribution < -0.4 is 15.8 Å². The fourth-order valence-corrected chi connectivity index (χ4v) is 2.32. The molecule has 0 saturated heterocycles. The predicted molar refractivity (Wildman–Crippen MR) is 67.6 cm³/mol. The first kappa shape index (κ1) is 13.5. The van der Waals surface area contributed by atoms with E-state index in [1.54, 1.807) is 43.6 Å². The van der Waals surface area contributed by atoms with Gasteiger partial charge in [-0.15, -0.1) is 0 Å². The Morgan fingerprint density at radius 1 is 1.35 bits per heavy atom. The highest BCUT2D eigenvalue weighted by molar-refractivity contribution is 7.89. The van der Waals surface area contributed by atoms with Gasteiger partial charge < -0.3 is 11.1 Å². The van der Waals surface area contributed by atoms with E-state index in [4.69, 9.17) is 5.73 Å². The van der Waals surface area contributed by atoms with E-state index in [9.17, 15) is 8.42 Å². The highest BCUT2D eigenvalue weighted by atomic mass is 32.2. The molecule has 94 valence electrons. The van der Waals surface area contributed by atoms with Crippen LogP contribution in [0.4, 0.5) is 0 Å². The second-order valence-electron chi connectivity index (χ2n) is 3.47. The van der Waals surface area contributed by atoms with E-state index < -0.39 is 10.0 Å². The first-order valence-corrected chi connectivity index (χ1v) is 6.71. The van der Waals surface area contributed by atoms with Crippen LogP contribution in [0.15, 0.2) is 47.1 Å². The van der Waals surface area contributed by atoms with Gasteiger partial charge in [0.25, 0.3) is 0 Å². The second kappa shape index (κ2) is 6.27. The van der Waals surface area contributed by atoms with Gasteiger partial charge in [-0.1, -0.05) is 18.2 Å². The lowest BCUT2D eigenvalue weighted by atomic mass is 10.3. The van der Waals surface area contributed by atoms with Gasteiger partial charge in [0, 0.05) is 31.9 Å². The summed E-state index contributed by atoms with van der Waals surface area (Å²) >= 11 is 0. The minimum Gasteiger partial charge on any atom is -0.401 e. The summed E-state index contributed by atoms with van der Waals surface area (Å²) in [6, 6.07) is 8.24. The molecular formula is C11H17N3O2S. The molecule has 0 aliphatic rings.